The lowest BCUT2D eigenvalue weighted by atomic mass is 9.84. The Morgan fingerprint density at radius 3 is 2.45 bits per heavy atom. The zero-order chi connectivity index (χ0) is 19.9. The van der Waals surface area contributed by atoms with Gasteiger partial charge < -0.3 is 26.0 Å². The number of nitrogens with two attached hydrogens (primary N) is 1. The van der Waals surface area contributed by atoms with Crippen LogP contribution in [-0.2, 0) is 4.74 Å². The molecule has 0 radical (unpaired) electrons. The summed E-state index contributed by atoms with van der Waals surface area (Å²) < 4.78 is 5.60. The molecule has 164 valence electrons. The first kappa shape index (κ1) is 21.2. The van der Waals surface area contributed by atoms with Crippen LogP contribution in [-0.4, -0.2) is 55.9 Å². The summed E-state index contributed by atoms with van der Waals surface area (Å²) >= 11 is 0. The van der Waals surface area contributed by atoms with Crippen LogP contribution in [0.3, 0.4) is 0 Å². The predicted molar refractivity (Wildman–Crippen MR) is 120 cm³/mol. The van der Waals surface area contributed by atoms with Crippen LogP contribution in [0, 0.1) is 5.92 Å². The van der Waals surface area contributed by atoms with E-state index in [0.717, 1.165) is 45.7 Å². The number of ether oxygens (including phenoxy) is 1. The van der Waals surface area contributed by atoms with Crippen LogP contribution in [0.1, 0.15) is 70.6 Å². The van der Waals surface area contributed by atoms with Gasteiger partial charge in [-0.25, -0.2) is 0 Å². The molecule has 5 heteroatoms. The SMILES string of the molecule is NC1CCC(NC2=CC(N3CCOCC3)=CC3NCCCCCCCCC23)CC1. The lowest BCUT2D eigenvalue weighted by molar-refractivity contribution is 0.0546. The minimum atomic E-state index is 0.406. The van der Waals surface area contributed by atoms with Crippen LogP contribution in [0.4, 0.5) is 0 Å². The van der Waals surface area contributed by atoms with Crippen LogP contribution < -0.4 is 16.4 Å². The Balaban J connectivity index is 1.52. The maximum absolute atomic E-state index is 6.16. The summed E-state index contributed by atoms with van der Waals surface area (Å²) in [4.78, 5) is 2.52. The molecule has 2 atom stereocenters. The molecule has 4 N–H and O–H groups in total. The van der Waals surface area contributed by atoms with Gasteiger partial charge >= 0.3 is 0 Å². The van der Waals surface area contributed by atoms with Crippen molar-refractivity contribution in [3.05, 3.63) is 23.5 Å². The largest absolute Gasteiger partial charge is 0.385 e. The molecule has 5 nitrogen and oxygen atoms in total. The Labute approximate surface area is 177 Å². The summed E-state index contributed by atoms with van der Waals surface area (Å²) in [5.41, 5.74) is 9.03. The van der Waals surface area contributed by atoms with Gasteiger partial charge in [-0.2, -0.15) is 0 Å². The third-order valence-corrected chi connectivity index (χ3v) is 7.33. The van der Waals surface area contributed by atoms with Crippen LogP contribution >= 0.6 is 0 Å². The summed E-state index contributed by atoms with van der Waals surface area (Å²) in [7, 11) is 0. The molecule has 0 bridgehead atoms. The topological polar surface area (TPSA) is 62.5 Å². The van der Waals surface area contributed by atoms with Gasteiger partial charge in [-0.1, -0.05) is 32.1 Å². The second kappa shape index (κ2) is 10.8. The number of allylic oxidation sites excluding steroid dienone is 1. The van der Waals surface area contributed by atoms with E-state index in [4.69, 9.17) is 10.5 Å². The second-order valence-corrected chi connectivity index (χ2v) is 9.54. The van der Waals surface area contributed by atoms with E-state index in [9.17, 15) is 0 Å². The lowest BCUT2D eigenvalue weighted by Gasteiger charge is -2.39. The smallest absolute Gasteiger partial charge is 0.0642 e. The Bertz CT molecular complexity index is 561. The molecule has 2 aliphatic carbocycles. The fraction of sp³-hybridized carbons (Fsp3) is 0.833. The Hall–Kier alpha value is -1.04. The molecule has 1 saturated carbocycles. The average Bonchev–Trinajstić information content (AvgIpc) is 2.81. The molecule has 2 unspecified atom stereocenters. The molecule has 0 aromatic rings. The van der Waals surface area contributed by atoms with Gasteiger partial charge in [0.05, 0.1) is 13.2 Å². The van der Waals surface area contributed by atoms with Crippen molar-refractivity contribution in [3.8, 4) is 0 Å². The molecule has 4 rings (SSSR count). The quantitative estimate of drug-likeness (QED) is 0.676. The van der Waals surface area contributed by atoms with E-state index in [0.29, 0.717) is 24.0 Å². The molecule has 4 aliphatic rings. The fourth-order valence-corrected chi connectivity index (χ4v) is 5.48. The number of fused-ring (bicyclic) bond motifs is 1. The van der Waals surface area contributed by atoms with Crippen molar-refractivity contribution in [3.63, 3.8) is 0 Å². The summed E-state index contributed by atoms with van der Waals surface area (Å²) in [6.45, 7) is 4.84. The second-order valence-electron chi connectivity index (χ2n) is 9.54. The van der Waals surface area contributed by atoms with Crippen LogP contribution in [0.15, 0.2) is 23.5 Å². The number of morpholine rings is 1. The molecule has 2 heterocycles. The van der Waals surface area contributed by atoms with Gasteiger partial charge in [0.25, 0.3) is 0 Å². The average molecular weight is 403 g/mol. The predicted octanol–water partition coefficient (Wildman–Crippen LogP) is 3.28. The van der Waals surface area contributed by atoms with Crippen molar-refractivity contribution >= 4 is 0 Å². The molecular weight excluding hydrogens is 360 g/mol. The van der Waals surface area contributed by atoms with E-state index in [1.165, 1.54) is 69.2 Å². The van der Waals surface area contributed by atoms with Gasteiger partial charge in [-0.05, 0) is 57.2 Å². The number of nitrogens with zero attached hydrogens (tertiary/aromatic N) is 1. The summed E-state index contributed by atoms with van der Waals surface area (Å²) in [6.07, 6.45) is 19.2. The van der Waals surface area contributed by atoms with Gasteiger partial charge in [0.1, 0.15) is 0 Å². The molecule has 2 aliphatic heterocycles. The highest BCUT2D eigenvalue weighted by Gasteiger charge is 2.31. The molecule has 0 spiro atoms. The van der Waals surface area contributed by atoms with Gasteiger partial charge in [-0.3, -0.25) is 0 Å². The monoisotopic (exact) mass is 402 g/mol. The highest BCUT2D eigenvalue weighted by atomic mass is 16.5. The minimum absolute atomic E-state index is 0.406. The third-order valence-electron chi connectivity index (χ3n) is 7.33. The summed E-state index contributed by atoms with van der Waals surface area (Å²) in [6, 6.07) is 1.44. The first-order chi connectivity index (χ1) is 14.3. The van der Waals surface area contributed by atoms with Gasteiger partial charge in [0, 0.05) is 48.5 Å². The molecule has 3 fully saturated rings. The third kappa shape index (κ3) is 5.99. The standard InChI is InChI=1S/C24H42N4O/c25-19-8-10-20(11-9-19)27-24-18-21(28-13-15-29-16-14-28)17-23-22(24)7-5-3-1-2-4-6-12-26-23/h17-20,22-23,26-27H,1-16,25H2. The van der Waals surface area contributed by atoms with Crippen LogP contribution in [0.2, 0.25) is 0 Å². The Kier molecular flexibility index (Phi) is 7.92. The zero-order valence-corrected chi connectivity index (χ0v) is 18.2. The van der Waals surface area contributed by atoms with Crippen molar-refractivity contribution < 1.29 is 4.74 Å². The van der Waals surface area contributed by atoms with Crippen molar-refractivity contribution in [1.82, 2.24) is 15.5 Å². The van der Waals surface area contributed by atoms with Crippen molar-refractivity contribution in [1.29, 1.82) is 0 Å². The number of nitrogens with one attached hydrogen (secondary N) is 2. The van der Waals surface area contributed by atoms with E-state index in [2.05, 4.69) is 27.7 Å². The number of rotatable bonds is 3. The molecule has 0 amide bonds. The highest BCUT2D eigenvalue weighted by molar-refractivity contribution is 5.33. The first-order valence-electron chi connectivity index (χ1n) is 12.3. The first-order valence-corrected chi connectivity index (χ1v) is 12.3. The van der Waals surface area contributed by atoms with Gasteiger partial charge in [0.2, 0.25) is 0 Å². The molecule has 0 aromatic carbocycles. The van der Waals surface area contributed by atoms with Gasteiger partial charge in [-0.15, -0.1) is 0 Å². The molecule has 29 heavy (non-hydrogen) atoms. The lowest BCUT2D eigenvalue weighted by Crippen LogP contribution is -2.46. The van der Waals surface area contributed by atoms with E-state index in [1.807, 2.05) is 0 Å². The minimum Gasteiger partial charge on any atom is -0.385 e. The maximum Gasteiger partial charge on any atom is 0.0642 e. The highest BCUT2D eigenvalue weighted by Crippen LogP contribution is 2.32. The van der Waals surface area contributed by atoms with E-state index < -0.39 is 0 Å². The van der Waals surface area contributed by atoms with E-state index in [-0.39, 0.29) is 0 Å². The number of hydrogen-bond acceptors (Lipinski definition) is 5. The van der Waals surface area contributed by atoms with Crippen molar-refractivity contribution in [2.24, 2.45) is 11.7 Å². The molecular formula is C24H42N4O. The number of hydrogen-bond donors (Lipinski definition) is 3. The summed E-state index contributed by atoms with van der Waals surface area (Å²) in [5.74, 6) is 0.577. The Morgan fingerprint density at radius 1 is 0.931 bits per heavy atom. The summed E-state index contributed by atoms with van der Waals surface area (Å²) in [5, 5.41) is 7.94. The van der Waals surface area contributed by atoms with Gasteiger partial charge in [0.15, 0.2) is 0 Å². The zero-order valence-electron chi connectivity index (χ0n) is 18.2. The van der Waals surface area contributed by atoms with E-state index in [1.54, 1.807) is 0 Å². The molecule has 2 saturated heterocycles. The maximum atomic E-state index is 6.16. The van der Waals surface area contributed by atoms with Crippen LogP contribution in [0.5, 0.6) is 0 Å². The van der Waals surface area contributed by atoms with E-state index >= 15 is 0 Å². The fourth-order valence-electron chi connectivity index (χ4n) is 5.48. The van der Waals surface area contributed by atoms with Crippen molar-refractivity contribution in [2.45, 2.75) is 88.8 Å². The van der Waals surface area contributed by atoms with Crippen LogP contribution in [0.25, 0.3) is 0 Å². The normalized spacial score (nSPS) is 35.0. The van der Waals surface area contributed by atoms with Crippen molar-refractivity contribution in [2.75, 3.05) is 32.8 Å². The Morgan fingerprint density at radius 2 is 1.66 bits per heavy atom. The molecule has 0 aromatic heterocycles.